The summed E-state index contributed by atoms with van der Waals surface area (Å²) in [5.74, 6) is 0.0585. The molecule has 0 radical (unpaired) electrons. The molecule has 2 aliphatic heterocycles. The van der Waals surface area contributed by atoms with Gasteiger partial charge in [-0.2, -0.15) is 0 Å². The van der Waals surface area contributed by atoms with Crippen LogP contribution in [0.25, 0.3) is 0 Å². The van der Waals surface area contributed by atoms with E-state index in [9.17, 15) is 9.59 Å². The molecule has 24 heavy (non-hydrogen) atoms. The molecule has 1 aromatic rings. The predicted molar refractivity (Wildman–Crippen MR) is 98.0 cm³/mol. The van der Waals surface area contributed by atoms with Crippen LogP contribution in [0.2, 0.25) is 0 Å². The Bertz CT molecular complexity index is 627. The molecule has 6 nitrogen and oxygen atoms in total. The van der Waals surface area contributed by atoms with Crippen molar-refractivity contribution in [3.05, 3.63) is 27.1 Å². The first-order valence-electron chi connectivity index (χ1n) is 7.96. The zero-order valence-corrected chi connectivity index (χ0v) is 16.3. The van der Waals surface area contributed by atoms with Gasteiger partial charge in [-0.05, 0) is 47.0 Å². The van der Waals surface area contributed by atoms with Crippen LogP contribution in [0.1, 0.15) is 12.8 Å². The molecule has 3 rings (SSSR count). The van der Waals surface area contributed by atoms with Crippen LogP contribution in [0.4, 0.5) is 10.5 Å². The first-order chi connectivity index (χ1) is 11.5. The first kappa shape index (κ1) is 17.7. The van der Waals surface area contributed by atoms with Gasteiger partial charge in [0.1, 0.15) is 6.10 Å². The molecule has 2 heterocycles. The lowest BCUT2D eigenvalue weighted by atomic mass is 10.2. The summed E-state index contributed by atoms with van der Waals surface area (Å²) in [6.45, 7) is 2.82. The predicted octanol–water partition coefficient (Wildman–Crippen LogP) is 3.07. The topological polar surface area (TPSA) is 61.9 Å². The largest absolute Gasteiger partial charge is 0.368 e. The Labute approximate surface area is 157 Å². The minimum atomic E-state index is -0.288. The average Bonchev–Trinajstić information content (AvgIpc) is 3.11. The Kier molecular flexibility index (Phi) is 5.78. The molecular weight excluding hydrogens is 442 g/mol. The second-order valence-corrected chi connectivity index (χ2v) is 7.64. The molecule has 1 atom stereocenters. The van der Waals surface area contributed by atoms with Crippen LogP contribution >= 0.6 is 31.9 Å². The minimum absolute atomic E-state index is 0.0585. The summed E-state index contributed by atoms with van der Waals surface area (Å²) in [7, 11) is 0. The molecule has 1 aromatic carbocycles. The van der Waals surface area contributed by atoms with E-state index in [-0.39, 0.29) is 18.0 Å². The molecule has 3 amide bonds. The monoisotopic (exact) mass is 459 g/mol. The number of amides is 3. The van der Waals surface area contributed by atoms with Gasteiger partial charge in [0.25, 0.3) is 5.91 Å². The summed E-state index contributed by atoms with van der Waals surface area (Å²) in [6, 6.07) is 5.44. The molecule has 2 saturated heterocycles. The maximum absolute atomic E-state index is 12.4. The van der Waals surface area contributed by atoms with E-state index >= 15 is 0 Å². The van der Waals surface area contributed by atoms with Crippen LogP contribution in [0.5, 0.6) is 0 Å². The Morgan fingerprint density at radius 3 is 2.46 bits per heavy atom. The van der Waals surface area contributed by atoms with Crippen molar-refractivity contribution in [2.45, 2.75) is 18.9 Å². The SMILES string of the molecule is O=C(Nc1ccc(Br)cc1Br)N1CCN(C(=O)C2CCCO2)CC1. The fraction of sp³-hybridized carbons (Fsp3) is 0.500. The van der Waals surface area contributed by atoms with Crippen LogP contribution in [0, 0.1) is 0 Å². The van der Waals surface area contributed by atoms with E-state index in [2.05, 4.69) is 37.2 Å². The number of urea groups is 1. The van der Waals surface area contributed by atoms with Crippen molar-refractivity contribution in [1.82, 2.24) is 9.80 Å². The van der Waals surface area contributed by atoms with Gasteiger partial charge >= 0.3 is 6.03 Å². The Morgan fingerprint density at radius 1 is 1.12 bits per heavy atom. The fourth-order valence-electron chi connectivity index (χ4n) is 2.89. The molecular formula is C16H19Br2N3O3. The number of rotatable bonds is 2. The van der Waals surface area contributed by atoms with Crippen LogP contribution in [-0.2, 0) is 9.53 Å². The highest BCUT2D eigenvalue weighted by atomic mass is 79.9. The normalized spacial score (nSPS) is 21.0. The zero-order chi connectivity index (χ0) is 17.1. The van der Waals surface area contributed by atoms with Crippen LogP contribution in [0.15, 0.2) is 27.1 Å². The summed E-state index contributed by atoms with van der Waals surface area (Å²) in [5.41, 5.74) is 0.723. The number of halogens is 2. The first-order valence-corrected chi connectivity index (χ1v) is 9.54. The maximum atomic E-state index is 12.4. The smallest absolute Gasteiger partial charge is 0.321 e. The summed E-state index contributed by atoms with van der Waals surface area (Å²) >= 11 is 6.82. The Morgan fingerprint density at radius 2 is 1.83 bits per heavy atom. The highest BCUT2D eigenvalue weighted by Crippen LogP contribution is 2.26. The number of ether oxygens (including phenoxy) is 1. The number of nitrogens with one attached hydrogen (secondary N) is 1. The third-order valence-electron chi connectivity index (χ3n) is 4.26. The van der Waals surface area contributed by atoms with E-state index < -0.39 is 0 Å². The number of hydrogen-bond donors (Lipinski definition) is 1. The summed E-state index contributed by atoms with van der Waals surface area (Å²) in [5, 5.41) is 2.90. The number of anilines is 1. The van der Waals surface area contributed by atoms with E-state index in [1.807, 2.05) is 18.2 Å². The van der Waals surface area contributed by atoms with Crippen molar-refractivity contribution in [2.24, 2.45) is 0 Å². The van der Waals surface area contributed by atoms with Crippen LogP contribution < -0.4 is 5.32 Å². The summed E-state index contributed by atoms with van der Waals surface area (Å²) < 4.78 is 7.21. The van der Waals surface area contributed by atoms with Gasteiger partial charge in [-0.25, -0.2) is 4.79 Å². The molecule has 0 aromatic heterocycles. The quantitative estimate of drug-likeness (QED) is 0.737. The second-order valence-electron chi connectivity index (χ2n) is 5.87. The highest BCUT2D eigenvalue weighted by molar-refractivity contribution is 9.11. The van der Waals surface area contributed by atoms with Gasteiger partial charge in [0.2, 0.25) is 0 Å². The lowest BCUT2D eigenvalue weighted by Gasteiger charge is -2.35. The number of benzene rings is 1. The van der Waals surface area contributed by atoms with E-state index in [4.69, 9.17) is 4.74 Å². The molecule has 2 aliphatic rings. The van der Waals surface area contributed by atoms with Gasteiger partial charge in [0.15, 0.2) is 0 Å². The van der Waals surface area contributed by atoms with E-state index in [1.54, 1.807) is 9.80 Å². The maximum Gasteiger partial charge on any atom is 0.321 e. The fourth-order valence-corrected chi connectivity index (χ4v) is 4.04. The standard InChI is InChI=1S/C16H19Br2N3O3/c17-11-3-4-13(12(18)10-11)19-16(23)21-7-5-20(6-8-21)15(22)14-2-1-9-24-14/h3-4,10,14H,1-2,5-9H2,(H,19,23). The lowest BCUT2D eigenvalue weighted by molar-refractivity contribution is -0.142. The highest BCUT2D eigenvalue weighted by Gasteiger charge is 2.31. The van der Waals surface area contributed by atoms with Gasteiger partial charge in [-0.15, -0.1) is 0 Å². The minimum Gasteiger partial charge on any atom is -0.368 e. The van der Waals surface area contributed by atoms with Crippen molar-refractivity contribution < 1.29 is 14.3 Å². The summed E-state index contributed by atoms with van der Waals surface area (Å²) in [6.07, 6.45) is 1.46. The van der Waals surface area contributed by atoms with Crippen LogP contribution in [0.3, 0.4) is 0 Å². The molecule has 8 heteroatoms. The number of carbonyl (C=O) groups excluding carboxylic acids is 2. The second kappa shape index (κ2) is 7.84. The van der Waals surface area contributed by atoms with E-state index in [1.165, 1.54) is 0 Å². The lowest BCUT2D eigenvalue weighted by Crippen LogP contribution is -2.53. The van der Waals surface area contributed by atoms with Crippen molar-refractivity contribution in [2.75, 3.05) is 38.1 Å². The van der Waals surface area contributed by atoms with Gasteiger partial charge in [-0.1, -0.05) is 15.9 Å². The average molecular weight is 461 g/mol. The molecule has 130 valence electrons. The molecule has 1 unspecified atom stereocenters. The van der Waals surface area contributed by atoms with E-state index in [0.29, 0.717) is 32.8 Å². The van der Waals surface area contributed by atoms with Gasteiger partial charge < -0.3 is 19.9 Å². The number of nitrogens with zero attached hydrogens (tertiary/aromatic N) is 2. The zero-order valence-electron chi connectivity index (χ0n) is 13.1. The van der Waals surface area contributed by atoms with Crippen molar-refractivity contribution >= 4 is 49.5 Å². The molecule has 0 bridgehead atoms. The van der Waals surface area contributed by atoms with Crippen LogP contribution in [-0.4, -0.2) is 60.6 Å². The van der Waals surface area contributed by atoms with Crippen molar-refractivity contribution in [1.29, 1.82) is 0 Å². The van der Waals surface area contributed by atoms with Gasteiger partial charge in [-0.3, -0.25) is 4.79 Å². The molecule has 0 spiro atoms. The Hall–Kier alpha value is -1.12. The third-order valence-corrected chi connectivity index (χ3v) is 5.41. The number of hydrogen-bond acceptors (Lipinski definition) is 3. The van der Waals surface area contributed by atoms with Gasteiger partial charge in [0.05, 0.1) is 5.69 Å². The molecule has 0 aliphatic carbocycles. The molecule has 0 saturated carbocycles. The summed E-state index contributed by atoms with van der Waals surface area (Å²) in [4.78, 5) is 28.2. The van der Waals surface area contributed by atoms with Crippen molar-refractivity contribution in [3.8, 4) is 0 Å². The Balaban J connectivity index is 1.52. The van der Waals surface area contributed by atoms with Crippen molar-refractivity contribution in [3.63, 3.8) is 0 Å². The third kappa shape index (κ3) is 4.10. The molecule has 1 N–H and O–H groups in total. The molecule has 2 fully saturated rings. The number of carbonyl (C=O) groups is 2. The van der Waals surface area contributed by atoms with Gasteiger partial charge in [0, 0.05) is 41.7 Å². The number of piperazine rings is 1. The van der Waals surface area contributed by atoms with E-state index in [0.717, 1.165) is 27.5 Å².